The molecule has 0 saturated carbocycles. The number of sulfonamides is 1. The van der Waals surface area contributed by atoms with Crippen LogP contribution in [0.2, 0.25) is 0 Å². The number of carbonyl (C=O) groups excluding carboxylic acids is 2. The zero-order chi connectivity index (χ0) is 25.5. The fourth-order valence-corrected chi connectivity index (χ4v) is 4.84. The molecular weight excluding hydrogens is 450 g/mol. The van der Waals surface area contributed by atoms with Gasteiger partial charge in [0.2, 0.25) is 21.8 Å². The Hall–Kier alpha value is -2.87. The van der Waals surface area contributed by atoms with Crippen LogP contribution in [0.1, 0.15) is 48.9 Å². The lowest BCUT2D eigenvalue weighted by atomic mass is 10.1. The summed E-state index contributed by atoms with van der Waals surface area (Å²) in [6.45, 7) is 10.4. The first kappa shape index (κ1) is 27.4. The van der Waals surface area contributed by atoms with Gasteiger partial charge in [0.15, 0.2) is 0 Å². The average molecular weight is 488 g/mol. The van der Waals surface area contributed by atoms with Crippen LogP contribution in [0.15, 0.2) is 42.5 Å². The molecule has 7 nitrogen and oxygen atoms in total. The predicted molar refractivity (Wildman–Crippen MR) is 137 cm³/mol. The van der Waals surface area contributed by atoms with Crippen molar-refractivity contribution in [2.75, 3.05) is 23.7 Å². The van der Waals surface area contributed by atoms with E-state index in [1.165, 1.54) is 10.6 Å². The van der Waals surface area contributed by atoms with Crippen molar-refractivity contribution in [1.82, 2.24) is 10.2 Å². The molecule has 2 aromatic rings. The first-order valence-electron chi connectivity index (χ1n) is 11.6. The Labute approximate surface area is 204 Å². The number of benzene rings is 2. The summed E-state index contributed by atoms with van der Waals surface area (Å²) in [6.07, 6.45) is 1.64. The van der Waals surface area contributed by atoms with Crippen LogP contribution >= 0.6 is 0 Å². The standard InChI is InChI=1S/C26H37N3O4S/c1-7-27-26(31)22(5)28(18-23-12-10-19(2)11-13-23)25(30)9-8-14-29(34(6,32)33)24-16-20(3)15-21(4)17-24/h10-13,15-17,22H,7-9,14,18H2,1-6H3,(H,27,31)/t22-/m1/s1. The second-order valence-corrected chi connectivity index (χ2v) is 10.8. The van der Waals surface area contributed by atoms with Gasteiger partial charge in [-0.05, 0) is 69.9 Å². The number of rotatable bonds is 11. The lowest BCUT2D eigenvalue weighted by Crippen LogP contribution is -2.47. The quantitative estimate of drug-likeness (QED) is 0.523. The van der Waals surface area contributed by atoms with Crippen molar-refractivity contribution < 1.29 is 18.0 Å². The summed E-state index contributed by atoms with van der Waals surface area (Å²) in [5, 5.41) is 2.78. The largest absolute Gasteiger partial charge is 0.355 e. The van der Waals surface area contributed by atoms with Crippen LogP contribution < -0.4 is 9.62 Å². The topological polar surface area (TPSA) is 86.8 Å². The highest BCUT2D eigenvalue weighted by molar-refractivity contribution is 7.92. The molecule has 186 valence electrons. The van der Waals surface area contributed by atoms with Gasteiger partial charge < -0.3 is 10.2 Å². The van der Waals surface area contributed by atoms with Crippen molar-refractivity contribution in [3.05, 3.63) is 64.7 Å². The zero-order valence-electron chi connectivity index (χ0n) is 21.1. The zero-order valence-corrected chi connectivity index (χ0v) is 21.9. The molecule has 2 aromatic carbocycles. The van der Waals surface area contributed by atoms with Crippen LogP contribution in [0.25, 0.3) is 0 Å². The number of anilines is 1. The van der Waals surface area contributed by atoms with E-state index in [4.69, 9.17) is 0 Å². The maximum absolute atomic E-state index is 13.2. The van der Waals surface area contributed by atoms with E-state index < -0.39 is 16.1 Å². The number of likely N-dealkylation sites (N-methyl/N-ethyl adjacent to an activating group) is 1. The summed E-state index contributed by atoms with van der Waals surface area (Å²) >= 11 is 0. The highest BCUT2D eigenvalue weighted by atomic mass is 32.2. The summed E-state index contributed by atoms with van der Waals surface area (Å²) in [5.74, 6) is -0.399. The van der Waals surface area contributed by atoms with E-state index >= 15 is 0 Å². The lowest BCUT2D eigenvalue weighted by molar-refractivity contribution is -0.140. The second kappa shape index (κ2) is 12.0. The molecule has 0 aliphatic rings. The van der Waals surface area contributed by atoms with Gasteiger partial charge in [-0.1, -0.05) is 35.9 Å². The Morgan fingerprint density at radius 1 is 0.971 bits per heavy atom. The minimum absolute atomic E-state index is 0.131. The summed E-state index contributed by atoms with van der Waals surface area (Å²) in [7, 11) is -3.52. The molecule has 0 radical (unpaired) electrons. The molecule has 8 heteroatoms. The monoisotopic (exact) mass is 487 g/mol. The van der Waals surface area contributed by atoms with Gasteiger partial charge in [0.1, 0.15) is 6.04 Å². The molecule has 34 heavy (non-hydrogen) atoms. The summed E-state index contributed by atoms with van der Waals surface area (Å²) in [4.78, 5) is 27.3. The number of aryl methyl sites for hydroxylation is 3. The smallest absolute Gasteiger partial charge is 0.242 e. The fraction of sp³-hybridized carbons (Fsp3) is 0.462. The van der Waals surface area contributed by atoms with Gasteiger partial charge in [-0.2, -0.15) is 0 Å². The van der Waals surface area contributed by atoms with Gasteiger partial charge in [0, 0.05) is 26.1 Å². The third kappa shape index (κ3) is 7.87. The van der Waals surface area contributed by atoms with E-state index in [1.54, 1.807) is 11.8 Å². The highest BCUT2D eigenvalue weighted by Crippen LogP contribution is 2.22. The molecule has 2 rings (SSSR count). The third-order valence-corrected chi connectivity index (χ3v) is 6.83. The molecule has 1 atom stereocenters. The van der Waals surface area contributed by atoms with Crippen LogP contribution in [0.4, 0.5) is 5.69 Å². The van der Waals surface area contributed by atoms with Gasteiger partial charge in [0.05, 0.1) is 11.9 Å². The van der Waals surface area contributed by atoms with E-state index in [0.717, 1.165) is 22.3 Å². The first-order chi connectivity index (χ1) is 15.9. The van der Waals surface area contributed by atoms with Crippen LogP contribution in [0.3, 0.4) is 0 Å². The maximum atomic E-state index is 13.2. The molecule has 0 spiro atoms. The van der Waals surface area contributed by atoms with E-state index in [1.807, 2.05) is 70.2 Å². The number of hydrogen-bond donors (Lipinski definition) is 1. The normalized spacial score (nSPS) is 12.2. The molecule has 2 amide bonds. The van der Waals surface area contributed by atoms with Crippen molar-refractivity contribution in [2.24, 2.45) is 0 Å². The van der Waals surface area contributed by atoms with Crippen molar-refractivity contribution in [2.45, 2.75) is 60.0 Å². The fourth-order valence-electron chi connectivity index (χ4n) is 3.89. The van der Waals surface area contributed by atoms with Crippen LogP contribution in [-0.2, 0) is 26.2 Å². The lowest BCUT2D eigenvalue weighted by Gasteiger charge is -2.29. The Morgan fingerprint density at radius 3 is 2.09 bits per heavy atom. The number of hydrogen-bond acceptors (Lipinski definition) is 4. The van der Waals surface area contributed by atoms with Gasteiger partial charge in [-0.25, -0.2) is 8.42 Å². The number of carbonyl (C=O) groups is 2. The van der Waals surface area contributed by atoms with Gasteiger partial charge in [0.25, 0.3) is 0 Å². The minimum Gasteiger partial charge on any atom is -0.355 e. The summed E-state index contributed by atoms with van der Waals surface area (Å²) in [5.41, 5.74) is 4.59. The average Bonchev–Trinajstić information content (AvgIpc) is 2.74. The Balaban J connectivity index is 2.17. The summed E-state index contributed by atoms with van der Waals surface area (Å²) < 4.78 is 26.3. The highest BCUT2D eigenvalue weighted by Gasteiger charge is 2.26. The van der Waals surface area contributed by atoms with Gasteiger partial charge in [-0.3, -0.25) is 13.9 Å². The van der Waals surface area contributed by atoms with Crippen molar-refractivity contribution >= 4 is 27.5 Å². The Morgan fingerprint density at radius 2 is 1.56 bits per heavy atom. The van der Waals surface area contributed by atoms with E-state index in [9.17, 15) is 18.0 Å². The minimum atomic E-state index is -3.52. The maximum Gasteiger partial charge on any atom is 0.242 e. The molecule has 0 unspecified atom stereocenters. The molecule has 0 aromatic heterocycles. The third-order valence-electron chi connectivity index (χ3n) is 5.64. The van der Waals surface area contributed by atoms with Crippen molar-refractivity contribution in [3.63, 3.8) is 0 Å². The number of nitrogens with one attached hydrogen (secondary N) is 1. The molecule has 0 saturated heterocycles. The molecule has 0 heterocycles. The van der Waals surface area contributed by atoms with Gasteiger partial charge >= 0.3 is 0 Å². The van der Waals surface area contributed by atoms with E-state index in [-0.39, 0.29) is 24.8 Å². The Bertz CT molecular complexity index is 1080. The predicted octanol–water partition coefficient (Wildman–Crippen LogP) is 3.71. The second-order valence-electron chi connectivity index (χ2n) is 8.86. The van der Waals surface area contributed by atoms with Crippen LogP contribution in [0.5, 0.6) is 0 Å². The van der Waals surface area contributed by atoms with E-state index in [2.05, 4.69) is 5.32 Å². The molecule has 0 fully saturated rings. The van der Waals surface area contributed by atoms with Crippen molar-refractivity contribution in [3.8, 4) is 0 Å². The number of nitrogens with zero attached hydrogens (tertiary/aromatic N) is 2. The Kier molecular flexibility index (Phi) is 9.67. The molecular formula is C26H37N3O4S. The first-order valence-corrected chi connectivity index (χ1v) is 13.5. The van der Waals surface area contributed by atoms with Crippen LogP contribution in [-0.4, -0.2) is 50.5 Å². The van der Waals surface area contributed by atoms with Gasteiger partial charge in [-0.15, -0.1) is 0 Å². The molecule has 0 aliphatic heterocycles. The SMILES string of the molecule is CCNC(=O)[C@@H](C)N(Cc1ccc(C)cc1)C(=O)CCCN(c1cc(C)cc(C)c1)S(C)(=O)=O. The molecule has 1 N–H and O–H groups in total. The van der Waals surface area contributed by atoms with E-state index in [0.29, 0.717) is 25.2 Å². The molecule has 0 bridgehead atoms. The summed E-state index contributed by atoms with van der Waals surface area (Å²) in [6, 6.07) is 12.9. The van der Waals surface area contributed by atoms with Crippen molar-refractivity contribution in [1.29, 1.82) is 0 Å². The number of amides is 2. The molecule has 0 aliphatic carbocycles. The van der Waals surface area contributed by atoms with Crippen LogP contribution in [0, 0.1) is 20.8 Å².